The lowest BCUT2D eigenvalue weighted by atomic mass is 9.52. The van der Waals surface area contributed by atoms with Crippen molar-refractivity contribution in [2.24, 2.45) is 34.5 Å². The first-order chi connectivity index (χ1) is 13.0. The molecular formula is C24H26O3. The molecule has 0 saturated heterocycles. The molecule has 4 saturated carbocycles. The Morgan fingerprint density at radius 3 is 2.30 bits per heavy atom. The van der Waals surface area contributed by atoms with Crippen molar-refractivity contribution in [3.63, 3.8) is 0 Å². The van der Waals surface area contributed by atoms with Crippen molar-refractivity contribution in [2.75, 3.05) is 7.11 Å². The lowest BCUT2D eigenvalue weighted by Gasteiger charge is -2.50. The van der Waals surface area contributed by atoms with Crippen LogP contribution >= 0.6 is 0 Å². The van der Waals surface area contributed by atoms with Crippen LogP contribution in [0.25, 0.3) is 0 Å². The molecular weight excluding hydrogens is 336 g/mol. The third-order valence-electron chi connectivity index (χ3n) is 9.18. The molecule has 0 N–H and O–H groups in total. The molecule has 5 aliphatic carbocycles. The van der Waals surface area contributed by atoms with Crippen molar-refractivity contribution < 1.29 is 14.3 Å². The molecule has 27 heavy (non-hydrogen) atoms. The van der Waals surface area contributed by atoms with Crippen molar-refractivity contribution in [1.82, 2.24) is 0 Å². The Balaban J connectivity index is 1.62. The van der Waals surface area contributed by atoms with Crippen LogP contribution in [0, 0.1) is 34.5 Å². The van der Waals surface area contributed by atoms with Crippen molar-refractivity contribution in [1.29, 1.82) is 0 Å². The summed E-state index contributed by atoms with van der Waals surface area (Å²) in [6.45, 7) is 2.38. The molecule has 140 valence electrons. The molecule has 0 radical (unpaired) electrons. The minimum absolute atomic E-state index is 0.00340. The summed E-state index contributed by atoms with van der Waals surface area (Å²) in [5.41, 5.74) is 0.670. The van der Waals surface area contributed by atoms with E-state index in [1.165, 1.54) is 12.0 Å². The van der Waals surface area contributed by atoms with Crippen LogP contribution in [0.5, 0.6) is 5.75 Å². The van der Waals surface area contributed by atoms with E-state index in [0.717, 1.165) is 31.4 Å². The predicted octanol–water partition coefficient (Wildman–Crippen LogP) is 4.10. The van der Waals surface area contributed by atoms with Crippen LogP contribution in [0.15, 0.2) is 36.4 Å². The quantitative estimate of drug-likeness (QED) is 0.744. The fraction of sp³-hybridized carbons (Fsp3) is 0.583. The second kappa shape index (κ2) is 4.74. The Kier molecular flexibility index (Phi) is 2.82. The van der Waals surface area contributed by atoms with Crippen molar-refractivity contribution in [2.45, 2.75) is 44.4 Å². The fourth-order valence-corrected chi connectivity index (χ4v) is 7.89. The number of hydrogen-bond donors (Lipinski definition) is 0. The molecule has 3 heteroatoms. The van der Waals surface area contributed by atoms with Crippen LogP contribution in [-0.2, 0) is 15.0 Å². The molecule has 0 spiro atoms. The summed E-state index contributed by atoms with van der Waals surface area (Å²) >= 11 is 0. The van der Waals surface area contributed by atoms with E-state index in [1.54, 1.807) is 7.11 Å². The van der Waals surface area contributed by atoms with Gasteiger partial charge in [0, 0.05) is 34.5 Å². The number of methoxy groups -OCH3 is 1. The average molecular weight is 362 g/mol. The monoisotopic (exact) mass is 362 g/mol. The minimum Gasteiger partial charge on any atom is -0.497 e. The lowest BCUT2D eigenvalue weighted by Crippen LogP contribution is -2.48. The van der Waals surface area contributed by atoms with Crippen LogP contribution in [0.3, 0.4) is 0 Å². The molecule has 7 atom stereocenters. The van der Waals surface area contributed by atoms with E-state index in [9.17, 15) is 9.59 Å². The van der Waals surface area contributed by atoms with Gasteiger partial charge in [0.1, 0.15) is 17.3 Å². The molecule has 2 bridgehead atoms. The second-order valence-corrected chi connectivity index (χ2v) is 9.72. The van der Waals surface area contributed by atoms with Gasteiger partial charge in [-0.2, -0.15) is 0 Å². The number of benzene rings is 1. The molecule has 0 amide bonds. The van der Waals surface area contributed by atoms with E-state index in [4.69, 9.17) is 4.74 Å². The molecule has 0 aromatic heterocycles. The van der Waals surface area contributed by atoms with Crippen molar-refractivity contribution in [3.8, 4) is 5.75 Å². The van der Waals surface area contributed by atoms with E-state index in [2.05, 4.69) is 31.2 Å². The number of ketones is 2. The van der Waals surface area contributed by atoms with Gasteiger partial charge < -0.3 is 4.74 Å². The summed E-state index contributed by atoms with van der Waals surface area (Å²) in [7, 11) is 1.68. The number of carbonyl (C=O) groups is 2. The molecule has 5 aliphatic rings. The number of hydrogen-bond acceptors (Lipinski definition) is 3. The maximum Gasteiger partial charge on any atom is 0.141 e. The SMILES string of the molecule is COc1ccc([C@@]23C=C[C@]4(CCCC[C@@]42C)[C@H]2C(=O)[C@@H]4C[C@@H]4C(=O)[C@H]23)cc1. The van der Waals surface area contributed by atoms with E-state index in [-0.39, 0.29) is 39.9 Å². The number of carbonyl (C=O) groups excluding carboxylic acids is 2. The molecule has 0 heterocycles. The highest BCUT2D eigenvalue weighted by atomic mass is 16.5. The Labute approximate surface area is 160 Å². The van der Waals surface area contributed by atoms with Crippen LogP contribution in [0.1, 0.15) is 44.6 Å². The maximum absolute atomic E-state index is 13.6. The summed E-state index contributed by atoms with van der Waals surface area (Å²) in [5, 5.41) is 0. The van der Waals surface area contributed by atoms with Gasteiger partial charge in [-0.1, -0.05) is 44.1 Å². The number of Topliss-reactive ketones (excluding diaryl/α,β-unsaturated/α-hetero) is 2. The lowest BCUT2D eigenvalue weighted by molar-refractivity contribution is -0.141. The highest BCUT2D eigenvalue weighted by Gasteiger charge is 2.81. The van der Waals surface area contributed by atoms with Gasteiger partial charge >= 0.3 is 0 Å². The van der Waals surface area contributed by atoms with Gasteiger partial charge in [-0.05, 0) is 42.4 Å². The number of allylic oxidation sites excluding steroid dienone is 2. The van der Waals surface area contributed by atoms with Crippen LogP contribution in [-0.4, -0.2) is 18.7 Å². The largest absolute Gasteiger partial charge is 0.497 e. The second-order valence-electron chi connectivity index (χ2n) is 9.72. The Morgan fingerprint density at radius 2 is 1.59 bits per heavy atom. The van der Waals surface area contributed by atoms with E-state index >= 15 is 0 Å². The Bertz CT molecular complexity index is 899. The van der Waals surface area contributed by atoms with Crippen LogP contribution < -0.4 is 4.74 Å². The first-order valence-corrected chi connectivity index (χ1v) is 10.4. The molecule has 1 aromatic rings. The zero-order valence-corrected chi connectivity index (χ0v) is 16.0. The van der Waals surface area contributed by atoms with Gasteiger partial charge in [-0.15, -0.1) is 0 Å². The molecule has 0 aliphatic heterocycles. The molecule has 3 nitrogen and oxygen atoms in total. The summed E-state index contributed by atoms with van der Waals surface area (Å²) < 4.78 is 5.37. The first kappa shape index (κ1) is 16.1. The first-order valence-electron chi connectivity index (χ1n) is 10.4. The van der Waals surface area contributed by atoms with Crippen molar-refractivity contribution in [3.05, 3.63) is 42.0 Å². The zero-order valence-electron chi connectivity index (χ0n) is 16.0. The Morgan fingerprint density at radius 1 is 0.926 bits per heavy atom. The smallest absolute Gasteiger partial charge is 0.141 e. The maximum atomic E-state index is 13.6. The van der Waals surface area contributed by atoms with E-state index in [1.807, 2.05) is 12.1 Å². The zero-order chi connectivity index (χ0) is 18.6. The molecule has 0 unspecified atom stereocenters. The average Bonchev–Trinajstić information content (AvgIpc) is 3.42. The summed E-state index contributed by atoms with van der Waals surface area (Å²) in [5.74, 6) is 1.36. The number of rotatable bonds is 2. The van der Waals surface area contributed by atoms with Gasteiger partial charge in [-0.3, -0.25) is 9.59 Å². The fourth-order valence-electron chi connectivity index (χ4n) is 7.89. The minimum atomic E-state index is -0.343. The third kappa shape index (κ3) is 1.52. The summed E-state index contributed by atoms with van der Waals surface area (Å²) in [4.78, 5) is 27.0. The van der Waals surface area contributed by atoms with Gasteiger partial charge in [0.15, 0.2) is 0 Å². The van der Waals surface area contributed by atoms with Crippen molar-refractivity contribution >= 4 is 11.6 Å². The number of fused-ring (bicyclic) bond motifs is 3. The molecule has 1 aromatic carbocycles. The standard InChI is InChI=1S/C24H26O3/c1-22-9-3-4-10-23(22)11-12-24(22,14-5-7-15(27-2)8-6-14)19-18(23)20(25)16-13-17(16)21(19)26/h5-8,11-12,16-19H,3-4,9-10,13H2,1-2H3/t16-,17+,18-,19+,22+,23-,24-/m1/s1. The van der Waals surface area contributed by atoms with Gasteiger partial charge in [0.25, 0.3) is 0 Å². The van der Waals surface area contributed by atoms with Crippen LogP contribution in [0.4, 0.5) is 0 Å². The van der Waals surface area contributed by atoms with Gasteiger partial charge in [0.2, 0.25) is 0 Å². The molecule has 4 fully saturated rings. The summed E-state index contributed by atoms with van der Waals surface area (Å²) in [6, 6.07) is 8.29. The third-order valence-corrected chi connectivity index (χ3v) is 9.18. The van der Waals surface area contributed by atoms with Gasteiger partial charge in [-0.25, -0.2) is 0 Å². The van der Waals surface area contributed by atoms with E-state index in [0.29, 0.717) is 11.6 Å². The number of ether oxygens (including phenoxy) is 1. The normalized spacial score (nSPS) is 48.8. The van der Waals surface area contributed by atoms with Crippen LogP contribution in [0.2, 0.25) is 0 Å². The molecule has 6 rings (SSSR count). The Hall–Kier alpha value is -1.90. The highest BCUT2D eigenvalue weighted by molar-refractivity contribution is 6.06. The highest BCUT2D eigenvalue weighted by Crippen LogP contribution is 2.80. The van der Waals surface area contributed by atoms with Gasteiger partial charge in [0.05, 0.1) is 7.11 Å². The predicted molar refractivity (Wildman–Crippen MR) is 101 cm³/mol. The van der Waals surface area contributed by atoms with E-state index < -0.39 is 0 Å². The topological polar surface area (TPSA) is 43.4 Å². The summed E-state index contributed by atoms with van der Waals surface area (Å²) in [6.07, 6.45) is 10.0.